The Balaban J connectivity index is 1.66. The third kappa shape index (κ3) is 3.72. The highest BCUT2D eigenvalue weighted by molar-refractivity contribution is 7.89. The van der Waals surface area contributed by atoms with Crippen molar-refractivity contribution in [2.45, 2.75) is 35.4 Å². The number of carbonyl (C=O) groups is 1. The molecule has 1 aliphatic heterocycles. The SMILES string of the molecule is CC1CCN(S(=O)(=O)c2ccc(NC(=O)[C@@H]3CC3(Cl)Cl)cc2)CC1. The summed E-state index contributed by atoms with van der Waals surface area (Å²) in [5, 5.41) is 2.71. The Bertz CT molecular complexity index is 726. The fourth-order valence-electron chi connectivity index (χ4n) is 2.81. The Morgan fingerprint density at radius 2 is 1.75 bits per heavy atom. The van der Waals surface area contributed by atoms with Crippen molar-refractivity contribution in [3.05, 3.63) is 24.3 Å². The maximum absolute atomic E-state index is 12.6. The molecule has 0 unspecified atom stereocenters. The van der Waals surface area contributed by atoms with Gasteiger partial charge in [-0.1, -0.05) is 6.92 Å². The molecule has 1 N–H and O–H groups in total. The van der Waals surface area contributed by atoms with Crippen molar-refractivity contribution < 1.29 is 13.2 Å². The van der Waals surface area contributed by atoms with E-state index in [1.807, 2.05) is 0 Å². The van der Waals surface area contributed by atoms with Crippen LogP contribution in [-0.2, 0) is 14.8 Å². The van der Waals surface area contributed by atoms with Crippen molar-refractivity contribution in [1.29, 1.82) is 0 Å². The molecule has 1 saturated carbocycles. The summed E-state index contributed by atoms with van der Waals surface area (Å²) in [4.78, 5) is 12.2. The van der Waals surface area contributed by atoms with E-state index in [4.69, 9.17) is 23.2 Å². The quantitative estimate of drug-likeness (QED) is 0.802. The van der Waals surface area contributed by atoms with Gasteiger partial charge in [0.05, 0.1) is 10.8 Å². The Hall–Kier alpha value is -0.820. The molecule has 0 bridgehead atoms. The van der Waals surface area contributed by atoms with E-state index in [-0.39, 0.29) is 10.8 Å². The molecule has 1 aromatic rings. The Morgan fingerprint density at radius 1 is 1.21 bits per heavy atom. The lowest BCUT2D eigenvalue weighted by molar-refractivity contribution is -0.117. The number of benzene rings is 1. The van der Waals surface area contributed by atoms with Crippen LogP contribution < -0.4 is 5.32 Å². The zero-order valence-corrected chi connectivity index (χ0v) is 15.7. The van der Waals surface area contributed by atoms with E-state index in [2.05, 4.69) is 12.2 Å². The number of halogens is 2. The lowest BCUT2D eigenvalue weighted by atomic mass is 10.0. The number of nitrogens with zero attached hydrogens (tertiary/aromatic N) is 1. The van der Waals surface area contributed by atoms with Crippen LogP contribution in [0.25, 0.3) is 0 Å². The van der Waals surface area contributed by atoms with Crippen molar-refractivity contribution in [2.75, 3.05) is 18.4 Å². The number of carbonyl (C=O) groups excluding carboxylic acids is 1. The van der Waals surface area contributed by atoms with Crippen LogP contribution in [-0.4, -0.2) is 36.1 Å². The van der Waals surface area contributed by atoms with Crippen molar-refractivity contribution in [3.8, 4) is 0 Å². The highest BCUT2D eigenvalue weighted by Gasteiger charge is 2.56. The molecular weight excluding hydrogens is 371 g/mol. The molecule has 0 radical (unpaired) electrons. The standard InChI is InChI=1S/C16H20Cl2N2O3S/c1-11-6-8-20(9-7-11)24(22,23)13-4-2-12(3-5-13)19-15(21)14-10-16(14,17)18/h2-5,11,14H,6-10H2,1H3,(H,19,21)/t14-/m0/s1. The molecule has 1 aromatic carbocycles. The molecule has 8 heteroatoms. The molecule has 5 nitrogen and oxygen atoms in total. The second-order valence-electron chi connectivity index (χ2n) is 6.62. The van der Waals surface area contributed by atoms with Crippen LogP contribution in [0.3, 0.4) is 0 Å². The smallest absolute Gasteiger partial charge is 0.243 e. The summed E-state index contributed by atoms with van der Waals surface area (Å²) >= 11 is 11.7. The normalized spacial score (nSPS) is 24.5. The van der Waals surface area contributed by atoms with Gasteiger partial charge in [-0.05, 0) is 49.4 Å². The Labute approximate surface area is 152 Å². The van der Waals surface area contributed by atoms with Gasteiger partial charge in [0, 0.05) is 18.8 Å². The molecule has 1 aliphatic carbocycles. The van der Waals surface area contributed by atoms with Crippen molar-refractivity contribution >= 4 is 44.8 Å². The first kappa shape index (κ1) is 18.0. The van der Waals surface area contributed by atoms with Crippen LogP contribution in [0.2, 0.25) is 0 Å². The second-order valence-corrected chi connectivity index (χ2v) is 10.1. The molecule has 1 saturated heterocycles. The van der Waals surface area contributed by atoms with E-state index in [0.29, 0.717) is 31.1 Å². The largest absolute Gasteiger partial charge is 0.326 e. The molecule has 2 aliphatic rings. The van der Waals surface area contributed by atoms with E-state index in [1.54, 1.807) is 12.1 Å². The topological polar surface area (TPSA) is 66.5 Å². The zero-order chi connectivity index (χ0) is 17.5. The van der Waals surface area contributed by atoms with E-state index in [1.165, 1.54) is 16.4 Å². The number of sulfonamides is 1. The van der Waals surface area contributed by atoms with Crippen LogP contribution in [0.15, 0.2) is 29.2 Å². The van der Waals surface area contributed by atoms with Crippen LogP contribution in [0.1, 0.15) is 26.2 Å². The molecule has 0 spiro atoms. The fourth-order valence-corrected chi connectivity index (χ4v) is 4.79. The minimum absolute atomic E-state index is 0.241. The van der Waals surface area contributed by atoms with Crippen molar-refractivity contribution in [2.24, 2.45) is 11.8 Å². The third-order valence-electron chi connectivity index (χ3n) is 4.64. The van der Waals surface area contributed by atoms with Crippen LogP contribution in [0, 0.1) is 11.8 Å². The van der Waals surface area contributed by atoms with Crippen LogP contribution in [0.4, 0.5) is 5.69 Å². The van der Waals surface area contributed by atoms with Gasteiger partial charge in [-0.2, -0.15) is 4.31 Å². The molecule has 0 aromatic heterocycles. The molecule has 1 heterocycles. The summed E-state index contributed by atoms with van der Waals surface area (Å²) in [7, 11) is -3.47. The molecule has 132 valence electrons. The second kappa shape index (κ2) is 6.48. The summed E-state index contributed by atoms with van der Waals surface area (Å²) in [5.41, 5.74) is 0.530. The highest BCUT2D eigenvalue weighted by Crippen LogP contribution is 2.53. The predicted molar refractivity (Wildman–Crippen MR) is 94.8 cm³/mol. The first-order chi connectivity index (χ1) is 11.2. The summed E-state index contributed by atoms with van der Waals surface area (Å²) < 4.78 is 25.8. The maximum atomic E-state index is 12.6. The average molecular weight is 391 g/mol. The van der Waals surface area contributed by atoms with E-state index in [9.17, 15) is 13.2 Å². The van der Waals surface area contributed by atoms with Crippen molar-refractivity contribution in [1.82, 2.24) is 4.31 Å². The van der Waals surface area contributed by atoms with Gasteiger partial charge in [-0.15, -0.1) is 23.2 Å². The lowest BCUT2D eigenvalue weighted by Crippen LogP contribution is -2.37. The number of amides is 1. The minimum Gasteiger partial charge on any atom is -0.326 e. The van der Waals surface area contributed by atoms with Gasteiger partial charge in [-0.3, -0.25) is 4.79 Å². The van der Waals surface area contributed by atoms with E-state index in [0.717, 1.165) is 12.8 Å². The first-order valence-corrected chi connectivity index (χ1v) is 10.2. The number of hydrogen-bond donors (Lipinski definition) is 1. The Kier molecular flexibility index (Phi) is 4.86. The number of anilines is 1. The third-order valence-corrected chi connectivity index (χ3v) is 7.39. The predicted octanol–water partition coefficient (Wildman–Crippen LogP) is 3.24. The van der Waals surface area contributed by atoms with Gasteiger partial charge in [0.2, 0.25) is 15.9 Å². The van der Waals surface area contributed by atoms with Gasteiger partial charge in [0.25, 0.3) is 0 Å². The van der Waals surface area contributed by atoms with E-state index < -0.39 is 20.3 Å². The molecule has 2 fully saturated rings. The van der Waals surface area contributed by atoms with Gasteiger partial charge >= 0.3 is 0 Å². The average Bonchev–Trinajstić information content (AvgIpc) is 3.17. The summed E-state index contributed by atoms with van der Waals surface area (Å²) in [6.45, 7) is 3.24. The number of nitrogens with one attached hydrogen (secondary N) is 1. The summed E-state index contributed by atoms with van der Waals surface area (Å²) in [6, 6.07) is 6.21. The molecule has 1 amide bonds. The monoisotopic (exact) mass is 390 g/mol. The van der Waals surface area contributed by atoms with Crippen LogP contribution in [0.5, 0.6) is 0 Å². The first-order valence-electron chi connectivity index (χ1n) is 7.99. The lowest BCUT2D eigenvalue weighted by Gasteiger charge is -2.29. The van der Waals surface area contributed by atoms with Gasteiger partial charge in [-0.25, -0.2) is 8.42 Å². The minimum atomic E-state index is -3.47. The number of piperidine rings is 1. The number of alkyl halides is 2. The molecule has 24 heavy (non-hydrogen) atoms. The molecule has 3 rings (SSSR count). The van der Waals surface area contributed by atoms with Gasteiger partial charge in [0.1, 0.15) is 4.33 Å². The Morgan fingerprint density at radius 3 is 2.25 bits per heavy atom. The summed E-state index contributed by atoms with van der Waals surface area (Å²) in [6.07, 6.45) is 2.20. The highest BCUT2D eigenvalue weighted by atomic mass is 35.5. The fraction of sp³-hybridized carbons (Fsp3) is 0.562. The summed E-state index contributed by atoms with van der Waals surface area (Å²) in [5.74, 6) is -0.104. The number of hydrogen-bond acceptors (Lipinski definition) is 3. The molecular formula is C16H20Cl2N2O3S. The van der Waals surface area contributed by atoms with E-state index >= 15 is 0 Å². The zero-order valence-electron chi connectivity index (χ0n) is 13.3. The van der Waals surface area contributed by atoms with Crippen molar-refractivity contribution in [3.63, 3.8) is 0 Å². The van der Waals surface area contributed by atoms with Crippen LogP contribution >= 0.6 is 23.2 Å². The maximum Gasteiger partial charge on any atom is 0.243 e. The molecule has 1 atom stereocenters. The number of rotatable bonds is 4. The van der Waals surface area contributed by atoms with Gasteiger partial charge in [0.15, 0.2) is 0 Å². The van der Waals surface area contributed by atoms with Gasteiger partial charge < -0.3 is 5.32 Å².